The van der Waals surface area contributed by atoms with Gasteiger partial charge in [0.1, 0.15) is 18.1 Å². The zero-order valence-corrected chi connectivity index (χ0v) is 19.6. The summed E-state index contributed by atoms with van der Waals surface area (Å²) in [7, 11) is 1.58. The molecule has 1 aliphatic rings. The molecular weight excluding hydrogens is 426 g/mol. The Morgan fingerprint density at radius 1 is 1.24 bits per heavy atom. The van der Waals surface area contributed by atoms with Crippen LogP contribution in [0.1, 0.15) is 47.1 Å². The summed E-state index contributed by atoms with van der Waals surface area (Å²) in [6.45, 7) is 6.73. The Morgan fingerprint density at radius 3 is 2.70 bits per heavy atom. The van der Waals surface area contributed by atoms with E-state index in [-0.39, 0.29) is 36.9 Å². The predicted octanol–water partition coefficient (Wildman–Crippen LogP) is 2.74. The fourth-order valence-corrected chi connectivity index (χ4v) is 3.86. The molecule has 0 aliphatic carbocycles. The lowest BCUT2D eigenvalue weighted by Crippen LogP contribution is -2.47. The molecule has 1 saturated heterocycles. The second kappa shape index (κ2) is 11.0. The van der Waals surface area contributed by atoms with Gasteiger partial charge in [-0.25, -0.2) is 0 Å². The van der Waals surface area contributed by atoms with Gasteiger partial charge in [0.2, 0.25) is 5.91 Å². The Bertz CT molecular complexity index is 982. The predicted molar refractivity (Wildman–Crippen MR) is 120 cm³/mol. The van der Waals surface area contributed by atoms with Crippen LogP contribution >= 0.6 is 0 Å². The van der Waals surface area contributed by atoms with E-state index in [2.05, 4.69) is 5.16 Å². The third-order valence-corrected chi connectivity index (χ3v) is 5.78. The number of carbonyl (C=O) groups excluding carboxylic acids is 3. The zero-order chi connectivity index (χ0) is 24.0. The molecular formula is C24H31N3O6. The summed E-state index contributed by atoms with van der Waals surface area (Å²) >= 11 is 0. The average molecular weight is 458 g/mol. The molecule has 0 spiro atoms. The summed E-state index contributed by atoms with van der Waals surface area (Å²) in [5.41, 5.74) is 1.94. The first-order valence-electron chi connectivity index (χ1n) is 11.1. The molecule has 1 aliphatic heterocycles. The third-order valence-electron chi connectivity index (χ3n) is 5.78. The molecule has 0 saturated carbocycles. The van der Waals surface area contributed by atoms with Crippen molar-refractivity contribution in [3.63, 3.8) is 0 Å². The standard InChI is InChI=1S/C24H31N3O6/c1-5-31-24(30)18-9-8-12-27(13-18)22(28)14-26(4)23(29)19-10-6-7-11-21(19)32-15-20-16(2)25-33-17(20)3/h6-7,10-11,18H,5,8-9,12-15H2,1-4H3. The molecule has 1 unspecified atom stereocenters. The Hall–Kier alpha value is -3.36. The second-order valence-electron chi connectivity index (χ2n) is 8.18. The lowest BCUT2D eigenvalue weighted by Gasteiger charge is -2.32. The molecule has 1 fully saturated rings. The molecule has 0 radical (unpaired) electrons. The number of rotatable bonds is 8. The van der Waals surface area contributed by atoms with Crippen LogP contribution in [0.4, 0.5) is 0 Å². The van der Waals surface area contributed by atoms with Crippen LogP contribution in [-0.4, -0.2) is 66.0 Å². The van der Waals surface area contributed by atoms with Crippen molar-refractivity contribution >= 4 is 17.8 Å². The molecule has 1 aromatic heterocycles. The number of piperidine rings is 1. The number of para-hydroxylation sites is 1. The molecule has 9 nitrogen and oxygen atoms in total. The number of likely N-dealkylation sites (tertiary alicyclic amines) is 1. The molecule has 0 N–H and O–H groups in total. The summed E-state index contributed by atoms with van der Waals surface area (Å²) in [5.74, 6) is -0.0274. The maximum Gasteiger partial charge on any atom is 0.310 e. The lowest BCUT2D eigenvalue weighted by atomic mass is 9.98. The number of nitrogens with zero attached hydrogens (tertiary/aromatic N) is 3. The van der Waals surface area contributed by atoms with E-state index in [0.717, 1.165) is 17.7 Å². The van der Waals surface area contributed by atoms with Crippen molar-refractivity contribution in [2.45, 2.75) is 40.2 Å². The number of ether oxygens (including phenoxy) is 2. The summed E-state index contributed by atoms with van der Waals surface area (Å²) < 4.78 is 16.2. The van der Waals surface area contributed by atoms with Gasteiger partial charge in [0.15, 0.2) is 0 Å². The number of benzene rings is 1. The molecule has 33 heavy (non-hydrogen) atoms. The Morgan fingerprint density at radius 2 is 2.00 bits per heavy atom. The van der Waals surface area contributed by atoms with Crippen LogP contribution in [0.2, 0.25) is 0 Å². The minimum Gasteiger partial charge on any atom is -0.488 e. The van der Waals surface area contributed by atoms with E-state index in [1.807, 2.05) is 13.8 Å². The number of esters is 1. The van der Waals surface area contributed by atoms with Crippen LogP contribution in [0, 0.1) is 19.8 Å². The maximum absolute atomic E-state index is 13.1. The highest BCUT2D eigenvalue weighted by Crippen LogP contribution is 2.23. The van der Waals surface area contributed by atoms with Crippen molar-refractivity contribution in [3.8, 4) is 5.75 Å². The third kappa shape index (κ3) is 5.91. The van der Waals surface area contributed by atoms with E-state index in [4.69, 9.17) is 14.0 Å². The molecule has 0 bridgehead atoms. The first-order chi connectivity index (χ1) is 15.8. The summed E-state index contributed by atoms with van der Waals surface area (Å²) in [6, 6.07) is 6.92. The fourth-order valence-electron chi connectivity index (χ4n) is 3.86. The Labute approximate surface area is 193 Å². The minimum absolute atomic E-state index is 0.0907. The monoisotopic (exact) mass is 457 g/mol. The van der Waals surface area contributed by atoms with Gasteiger partial charge in [-0.2, -0.15) is 0 Å². The summed E-state index contributed by atoms with van der Waals surface area (Å²) in [6.07, 6.45) is 1.43. The summed E-state index contributed by atoms with van der Waals surface area (Å²) in [4.78, 5) is 41.0. The van der Waals surface area contributed by atoms with Crippen molar-refractivity contribution < 1.29 is 28.4 Å². The van der Waals surface area contributed by atoms with E-state index in [9.17, 15) is 14.4 Å². The van der Waals surface area contributed by atoms with E-state index in [1.54, 1.807) is 43.1 Å². The highest BCUT2D eigenvalue weighted by atomic mass is 16.5. The van der Waals surface area contributed by atoms with Gasteiger partial charge >= 0.3 is 5.97 Å². The van der Waals surface area contributed by atoms with Crippen LogP contribution in [0.3, 0.4) is 0 Å². The van der Waals surface area contributed by atoms with Gasteiger partial charge in [-0.1, -0.05) is 17.3 Å². The highest BCUT2D eigenvalue weighted by Gasteiger charge is 2.30. The van der Waals surface area contributed by atoms with Crippen LogP contribution < -0.4 is 4.74 Å². The molecule has 2 aromatic rings. The molecule has 1 aromatic carbocycles. The van der Waals surface area contributed by atoms with Gasteiger partial charge in [0, 0.05) is 20.1 Å². The molecule has 1 atom stereocenters. The number of hydrogen-bond acceptors (Lipinski definition) is 7. The Kier molecular flexibility index (Phi) is 8.08. The van der Waals surface area contributed by atoms with Crippen LogP contribution in [0.25, 0.3) is 0 Å². The molecule has 9 heteroatoms. The van der Waals surface area contributed by atoms with Crippen molar-refractivity contribution in [2.75, 3.05) is 33.3 Å². The van der Waals surface area contributed by atoms with Gasteiger partial charge < -0.3 is 23.8 Å². The van der Waals surface area contributed by atoms with E-state index >= 15 is 0 Å². The Balaban J connectivity index is 1.63. The van der Waals surface area contributed by atoms with Crippen molar-refractivity contribution in [1.82, 2.24) is 15.0 Å². The zero-order valence-electron chi connectivity index (χ0n) is 19.6. The number of carbonyl (C=O) groups is 3. The van der Waals surface area contributed by atoms with Gasteiger partial charge in [-0.05, 0) is 45.7 Å². The normalized spacial score (nSPS) is 15.8. The van der Waals surface area contributed by atoms with Crippen molar-refractivity contribution in [1.29, 1.82) is 0 Å². The maximum atomic E-state index is 13.1. The number of amides is 2. The van der Waals surface area contributed by atoms with Crippen molar-refractivity contribution in [2.24, 2.45) is 5.92 Å². The average Bonchev–Trinajstić information content (AvgIpc) is 3.14. The van der Waals surface area contributed by atoms with E-state index in [1.165, 1.54) is 4.90 Å². The van der Waals surface area contributed by atoms with Crippen LogP contribution in [-0.2, 0) is 20.9 Å². The molecule has 2 amide bonds. The van der Waals surface area contributed by atoms with E-state index < -0.39 is 0 Å². The van der Waals surface area contributed by atoms with Crippen molar-refractivity contribution in [3.05, 3.63) is 46.8 Å². The molecule has 178 valence electrons. The fraction of sp³-hybridized carbons (Fsp3) is 0.500. The minimum atomic E-state index is -0.323. The molecule has 3 rings (SSSR count). The number of aryl methyl sites for hydroxylation is 2. The largest absolute Gasteiger partial charge is 0.488 e. The topological polar surface area (TPSA) is 102 Å². The number of likely N-dealkylation sites (N-methyl/N-ethyl adjacent to an activating group) is 1. The van der Waals surface area contributed by atoms with Gasteiger partial charge in [-0.3, -0.25) is 14.4 Å². The lowest BCUT2D eigenvalue weighted by molar-refractivity contribution is -0.151. The first kappa shape index (κ1) is 24.3. The number of hydrogen-bond donors (Lipinski definition) is 0. The van der Waals surface area contributed by atoms with Crippen LogP contribution in [0.15, 0.2) is 28.8 Å². The number of aromatic nitrogens is 1. The second-order valence-corrected chi connectivity index (χ2v) is 8.18. The van der Waals surface area contributed by atoms with Gasteiger partial charge in [-0.15, -0.1) is 0 Å². The quantitative estimate of drug-likeness (QED) is 0.562. The van der Waals surface area contributed by atoms with Gasteiger partial charge in [0.25, 0.3) is 5.91 Å². The van der Waals surface area contributed by atoms with E-state index in [0.29, 0.717) is 43.2 Å². The summed E-state index contributed by atoms with van der Waals surface area (Å²) in [5, 5.41) is 3.92. The van der Waals surface area contributed by atoms with Crippen LogP contribution in [0.5, 0.6) is 5.75 Å². The van der Waals surface area contributed by atoms with Gasteiger partial charge in [0.05, 0.1) is 35.9 Å². The highest BCUT2D eigenvalue weighted by molar-refractivity contribution is 5.98. The first-order valence-corrected chi connectivity index (χ1v) is 11.1. The molecule has 2 heterocycles. The SMILES string of the molecule is CCOC(=O)C1CCCN(C(=O)CN(C)C(=O)c2ccccc2OCc2c(C)noc2C)C1. The smallest absolute Gasteiger partial charge is 0.310 e.